The number of fused-ring (bicyclic) bond motifs is 1. The summed E-state index contributed by atoms with van der Waals surface area (Å²) in [5.41, 5.74) is 0.509. The van der Waals surface area contributed by atoms with Gasteiger partial charge in [0.05, 0.1) is 43.3 Å². The number of hydrogen-bond acceptors (Lipinski definition) is 6. The van der Waals surface area contributed by atoms with Crippen molar-refractivity contribution >= 4 is 34.5 Å². The van der Waals surface area contributed by atoms with Crippen LogP contribution in [0.4, 0.5) is 5.69 Å². The van der Waals surface area contributed by atoms with E-state index >= 15 is 0 Å². The highest BCUT2D eigenvalue weighted by molar-refractivity contribution is 7.09. The van der Waals surface area contributed by atoms with Gasteiger partial charge in [0, 0.05) is 30.0 Å². The number of anilines is 1. The molecule has 152 valence electrons. The lowest BCUT2D eigenvalue weighted by Gasteiger charge is -2.20. The van der Waals surface area contributed by atoms with Crippen molar-refractivity contribution in [1.82, 2.24) is 4.90 Å². The number of amides is 1. The molecule has 0 atom stereocenters. The van der Waals surface area contributed by atoms with Crippen LogP contribution in [0.2, 0.25) is 5.02 Å². The van der Waals surface area contributed by atoms with Gasteiger partial charge in [0.1, 0.15) is 5.76 Å². The monoisotopic (exact) mass is 432 g/mol. The predicted molar refractivity (Wildman–Crippen MR) is 113 cm³/mol. The first-order valence-corrected chi connectivity index (χ1v) is 10.6. The van der Waals surface area contributed by atoms with Crippen LogP contribution in [-0.4, -0.2) is 30.6 Å². The Morgan fingerprint density at radius 2 is 1.97 bits per heavy atom. The summed E-state index contributed by atoms with van der Waals surface area (Å²) >= 11 is 8.01. The normalized spacial score (nSPS) is 13.3. The molecule has 3 heterocycles. The number of rotatable bonds is 7. The molecule has 0 unspecified atom stereocenters. The fraction of sp³-hybridized carbons (Fsp3) is 0.286. The maximum Gasteiger partial charge on any atom is 0.238 e. The minimum absolute atomic E-state index is 0.162. The van der Waals surface area contributed by atoms with Crippen LogP contribution in [0.3, 0.4) is 0 Å². The van der Waals surface area contributed by atoms with Crippen molar-refractivity contribution in [3.63, 3.8) is 0 Å². The molecule has 1 N–H and O–H groups in total. The van der Waals surface area contributed by atoms with Crippen molar-refractivity contribution in [3.8, 4) is 11.5 Å². The topological polar surface area (TPSA) is 63.9 Å². The fourth-order valence-electron chi connectivity index (χ4n) is 3.09. The van der Waals surface area contributed by atoms with Crippen LogP contribution in [0, 0.1) is 0 Å². The second kappa shape index (κ2) is 9.35. The molecule has 0 radical (unpaired) electrons. The lowest BCUT2D eigenvalue weighted by Crippen LogP contribution is -2.32. The van der Waals surface area contributed by atoms with Gasteiger partial charge < -0.3 is 19.2 Å². The largest absolute Gasteiger partial charge is 0.490 e. The third-order valence-corrected chi connectivity index (χ3v) is 5.57. The van der Waals surface area contributed by atoms with E-state index in [0.29, 0.717) is 48.5 Å². The number of hydrogen-bond donors (Lipinski definition) is 1. The van der Waals surface area contributed by atoms with E-state index in [-0.39, 0.29) is 12.5 Å². The molecule has 1 aromatic carbocycles. The number of nitrogens with one attached hydrogen (secondary N) is 1. The van der Waals surface area contributed by atoms with Crippen molar-refractivity contribution in [2.24, 2.45) is 0 Å². The number of carbonyl (C=O) groups excluding carboxylic acids is 1. The molecule has 1 amide bonds. The molecule has 6 nitrogen and oxygen atoms in total. The molecule has 1 aliphatic rings. The second-order valence-corrected chi connectivity index (χ2v) is 8.12. The maximum atomic E-state index is 12.8. The molecular formula is C21H21ClN2O4S. The summed E-state index contributed by atoms with van der Waals surface area (Å²) in [7, 11) is 0. The van der Waals surface area contributed by atoms with Gasteiger partial charge in [-0.3, -0.25) is 9.69 Å². The Balaban J connectivity index is 1.45. The predicted octanol–water partition coefficient (Wildman–Crippen LogP) is 4.80. The quantitative estimate of drug-likeness (QED) is 0.581. The van der Waals surface area contributed by atoms with E-state index in [2.05, 4.69) is 11.4 Å². The highest BCUT2D eigenvalue weighted by atomic mass is 35.5. The zero-order valence-electron chi connectivity index (χ0n) is 15.7. The molecule has 8 heteroatoms. The van der Waals surface area contributed by atoms with E-state index in [9.17, 15) is 4.79 Å². The van der Waals surface area contributed by atoms with Crippen LogP contribution in [0.15, 0.2) is 52.5 Å². The van der Waals surface area contributed by atoms with Crippen LogP contribution in [-0.2, 0) is 17.9 Å². The second-order valence-electron chi connectivity index (χ2n) is 6.68. The Hall–Kier alpha value is -2.48. The highest BCUT2D eigenvalue weighted by Gasteiger charge is 2.18. The molecule has 1 aliphatic heterocycles. The molecule has 0 aliphatic carbocycles. The van der Waals surface area contributed by atoms with E-state index in [0.717, 1.165) is 12.2 Å². The SMILES string of the molecule is O=C(CN(Cc1ccco1)Cc1cccs1)Nc1cc2c(cc1Cl)OCCCO2. The first kappa shape index (κ1) is 19.8. The van der Waals surface area contributed by atoms with E-state index < -0.39 is 0 Å². The van der Waals surface area contributed by atoms with Crippen LogP contribution in [0.25, 0.3) is 0 Å². The third-order valence-electron chi connectivity index (χ3n) is 4.40. The summed E-state index contributed by atoms with van der Waals surface area (Å²) in [5, 5.41) is 5.34. The standard InChI is InChI=1S/C21H21ClN2O4S/c22-17-10-19-20(28-8-3-7-27-19)11-18(17)23-21(25)14-24(12-15-4-1-6-26-15)13-16-5-2-9-29-16/h1-2,4-6,9-11H,3,7-8,12-14H2,(H,23,25). The average Bonchev–Trinajstić information content (AvgIpc) is 3.34. The molecule has 0 fully saturated rings. The lowest BCUT2D eigenvalue weighted by molar-refractivity contribution is -0.117. The summed E-state index contributed by atoms with van der Waals surface area (Å²) in [4.78, 5) is 16.0. The molecule has 0 saturated carbocycles. The fourth-order valence-corrected chi connectivity index (χ4v) is 4.03. The lowest BCUT2D eigenvalue weighted by atomic mass is 10.2. The van der Waals surface area contributed by atoms with E-state index in [1.165, 1.54) is 4.88 Å². The van der Waals surface area contributed by atoms with Gasteiger partial charge in [0.25, 0.3) is 0 Å². The molecule has 0 bridgehead atoms. The molecule has 0 saturated heterocycles. The maximum absolute atomic E-state index is 12.8. The Morgan fingerprint density at radius 1 is 1.14 bits per heavy atom. The first-order chi connectivity index (χ1) is 14.2. The Morgan fingerprint density at radius 3 is 2.69 bits per heavy atom. The van der Waals surface area contributed by atoms with Gasteiger partial charge in [-0.1, -0.05) is 17.7 Å². The van der Waals surface area contributed by atoms with Gasteiger partial charge in [-0.15, -0.1) is 11.3 Å². The minimum atomic E-state index is -0.162. The Bertz CT molecular complexity index is 908. The number of nitrogens with zero attached hydrogens (tertiary/aromatic N) is 1. The Kier molecular flexibility index (Phi) is 6.39. The van der Waals surface area contributed by atoms with Gasteiger partial charge in [0.15, 0.2) is 11.5 Å². The summed E-state index contributed by atoms with van der Waals surface area (Å²) in [6.07, 6.45) is 2.44. The van der Waals surface area contributed by atoms with Crippen molar-refractivity contribution in [2.75, 3.05) is 25.1 Å². The molecule has 4 rings (SSSR count). The zero-order valence-corrected chi connectivity index (χ0v) is 17.3. The third kappa shape index (κ3) is 5.32. The van der Waals surface area contributed by atoms with Crippen molar-refractivity contribution < 1.29 is 18.7 Å². The Labute approximate surface area is 178 Å². The van der Waals surface area contributed by atoms with Crippen molar-refractivity contribution in [3.05, 3.63) is 63.7 Å². The van der Waals surface area contributed by atoms with Crippen LogP contribution in [0.5, 0.6) is 11.5 Å². The van der Waals surface area contributed by atoms with Gasteiger partial charge in [0.2, 0.25) is 5.91 Å². The molecule has 0 spiro atoms. The molecular weight excluding hydrogens is 412 g/mol. The summed E-state index contributed by atoms with van der Waals surface area (Å²) in [6, 6.07) is 11.2. The molecule has 29 heavy (non-hydrogen) atoms. The number of carbonyl (C=O) groups is 1. The van der Waals surface area contributed by atoms with Crippen LogP contribution < -0.4 is 14.8 Å². The van der Waals surface area contributed by atoms with Gasteiger partial charge >= 0.3 is 0 Å². The minimum Gasteiger partial charge on any atom is -0.490 e. The number of halogens is 1. The molecule has 3 aromatic rings. The van der Waals surface area contributed by atoms with Crippen LogP contribution >= 0.6 is 22.9 Å². The number of benzene rings is 1. The van der Waals surface area contributed by atoms with Crippen molar-refractivity contribution in [2.45, 2.75) is 19.5 Å². The van der Waals surface area contributed by atoms with Gasteiger partial charge in [-0.2, -0.15) is 0 Å². The van der Waals surface area contributed by atoms with Crippen LogP contribution in [0.1, 0.15) is 17.1 Å². The number of thiophene rings is 1. The summed E-state index contributed by atoms with van der Waals surface area (Å²) in [5.74, 6) is 1.84. The average molecular weight is 433 g/mol. The van der Waals surface area contributed by atoms with Crippen molar-refractivity contribution in [1.29, 1.82) is 0 Å². The van der Waals surface area contributed by atoms with Gasteiger partial charge in [-0.25, -0.2) is 0 Å². The highest BCUT2D eigenvalue weighted by Crippen LogP contribution is 2.37. The zero-order chi connectivity index (χ0) is 20.1. The van der Waals surface area contributed by atoms with E-state index in [1.807, 2.05) is 28.5 Å². The number of furan rings is 1. The summed E-state index contributed by atoms with van der Waals surface area (Å²) < 4.78 is 16.8. The summed E-state index contributed by atoms with van der Waals surface area (Å²) in [6.45, 7) is 2.54. The first-order valence-electron chi connectivity index (χ1n) is 9.33. The smallest absolute Gasteiger partial charge is 0.238 e. The van der Waals surface area contributed by atoms with E-state index in [1.54, 1.807) is 29.7 Å². The van der Waals surface area contributed by atoms with E-state index in [4.69, 9.17) is 25.5 Å². The molecule has 2 aromatic heterocycles. The van der Waals surface area contributed by atoms with Gasteiger partial charge in [-0.05, 0) is 23.6 Å². The number of ether oxygens (including phenoxy) is 2.